The van der Waals surface area contributed by atoms with Crippen molar-refractivity contribution in [3.63, 3.8) is 0 Å². The summed E-state index contributed by atoms with van der Waals surface area (Å²) < 4.78 is 15.9. The SMILES string of the molecule is COc1cc(C=Cc2ccc(O)c(O)c2)cc(OC)c1OC. The predicted octanol–water partition coefficient (Wildman–Crippen LogP) is 3.29. The van der Waals surface area contributed by atoms with Gasteiger partial charge in [-0.2, -0.15) is 0 Å². The third kappa shape index (κ3) is 3.25. The molecule has 22 heavy (non-hydrogen) atoms. The van der Waals surface area contributed by atoms with E-state index in [0.29, 0.717) is 17.2 Å². The van der Waals surface area contributed by atoms with Gasteiger partial charge in [-0.15, -0.1) is 0 Å². The maximum Gasteiger partial charge on any atom is 0.203 e. The minimum Gasteiger partial charge on any atom is -0.504 e. The average molecular weight is 302 g/mol. The molecule has 116 valence electrons. The highest BCUT2D eigenvalue weighted by molar-refractivity contribution is 5.73. The maximum atomic E-state index is 9.49. The summed E-state index contributed by atoms with van der Waals surface area (Å²) in [5, 5.41) is 18.8. The quantitative estimate of drug-likeness (QED) is 0.655. The fourth-order valence-corrected chi connectivity index (χ4v) is 2.03. The fourth-order valence-electron chi connectivity index (χ4n) is 2.03. The molecule has 0 amide bonds. The largest absolute Gasteiger partial charge is 0.504 e. The molecule has 0 spiro atoms. The van der Waals surface area contributed by atoms with Crippen LogP contribution in [0.25, 0.3) is 12.2 Å². The first-order valence-electron chi connectivity index (χ1n) is 6.59. The van der Waals surface area contributed by atoms with Crippen LogP contribution in [0.2, 0.25) is 0 Å². The summed E-state index contributed by atoms with van der Waals surface area (Å²) in [5.74, 6) is 1.35. The lowest BCUT2D eigenvalue weighted by atomic mass is 10.1. The molecule has 0 aliphatic carbocycles. The topological polar surface area (TPSA) is 68.2 Å². The molecule has 0 aliphatic heterocycles. The maximum absolute atomic E-state index is 9.49. The first kappa shape index (κ1) is 15.6. The molecule has 0 unspecified atom stereocenters. The lowest BCUT2D eigenvalue weighted by Gasteiger charge is -2.12. The highest BCUT2D eigenvalue weighted by atomic mass is 16.5. The van der Waals surface area contributed by atoms with Crippen LogP contribution in [0.3, 0.4) is 0 Å². The Bertz CT molecular complexity index is 666. The third-order valence-electron chi connectivity index (χ3n) is 3.15. The predicted molar refractivity (Wildman–Crippen MR) is 84.8 cm³/mol. The van der Waals surface area contributed by atoms with Crippen LogP contribution >= 0.6 is 0 Å². The molecule has 2 rings (SSSR count). The van der Waals surface area contributed by atoms with Gasteiger partial charge < -0.3 is 24.4 Å². The summed E-state index contributed by atoms with van der Waals surface area (Å²) in [4.78, 5) is 0. The van der Waals surface area contributed by atoms with Crippen molar-refractivity contribution in [1.29, 1.82) is 0 Å². The van der Waals surface area contributed by atoms with Gasteiger partial charge in [0.1, 0.15) is 0 Å². The van der Waals surface area contributed by atoms with Crippen LogP contribution in [0.15, 0.2) is 30.3 Å². The summed E-state index contributed by atoms with van der Waals surface area (Å²) in [5.41, 5.74) is 1.60. The second-order valence-corrected chi connectivity index (χ2v) is 4.54. The van der Waals surface area contributed by atoms with Crippen LogP contribution in [0.4, 0.5) is 0 Å². The van der Waals surface area contributed by atoms with E-state index in [1.54, 1.807) is 33.5 Å². The second kappa shape index (κ2) is 6.76. The molecule has 5 nitrogen and oxygen atoms in total. The van der Waals surface area contributed by atoms with Crippen LogP contribution in [0, 0.1) is 0 Å². The zero-order valence-electron chi connectivity index (χ0n) is 12.7. The number of hydrogen-bond acceptors (Lipinski definition) is 5. The summed E-state index contributed by atoms with van der Waals surface area (Å²) in [6.07, 6.45) is 3.65. The van der Waals surface area contributed by atoms with Gasteiger partial charge in [-0.1, -0.05) is 18.2 Å². The van der Waals surface area contributed by atoms with Gasteiger partial charge in [0.2, 0.25) is 5.75 Å². The third-order valence-corrected chi connectivity index (χ3v) is 3.15. The summed E-state index contributed by atoms with van der Waals surface area (Å²) in [7, 11) is 4.67. The van der Waals surface area contributed by atoms with Crippen molar-refractivity contribution in [2.24, 2.45) is 0 Å². The number of rotatable bonds is 5. The van der Waals surface area contributed by atoms with E-state index in [9.17, 15) is 10.2 Å². The van der Waals surface area contributed by atoms with Crippen molar-refractivity contribution in [2.75, 3.05) is 21.3 Å². The minimum atomic E-state index is -0.160. The summed E-state index contributed by atoms with van der Waals surface area (Å²) in [6, 6.07) is 8.24. The Labute approximate surface area is 129 Å². The molecule has 0 bridgehead atoms. The number of methoxy groups -OCH3 is 3. The Morgan fingerprint density at radius 3 is 1.82 bits per heavy atom. The minimum absolute atomic E-state index is 0.148. The van der Waals surface area contributed by atoms with Crippen LogP contribution in [0.1, 0.15) is 11.1 Å². The van der Waals surface area contributed by atoms with Gasteiger partial charge >= 0.3 is 0 Å². The van der Waals surface area contributed by atoms with Crippen LogP contribution in [0.5, 0.6) is 28.7 Å². The first-order chi connectivity index (χ1) is 10.6. The van der Waals surface area contributed by atoms with E-state index in [0.717, 1.165) is 11.1 Å². The second-order valence-electron chi connectivity index (χ2n) is 4.54. The molecule has 0 aromatic heterocycles. The lowest BCUT2D eigenvalue weighted by Crippen LogP contribution is -1.95. The lowest BCUT2D eigenvalue weighted by molar-refractivity contribution is 0.324. The molecular weight excluding hydrogens is 284 g/mol. The molecule has 2 aromatic carbocycles. The summed E-state index contributed by atoms with van der Waals surface area (Å²) in [6.45, 7) is 0. The Morgan fingerprint density at radius 1 is 0.727 bits per heavy atom. The van der Waals surface area contributed by atoms with Gasteiger partial charge in [0.25, 0.3) is 0 Å². The van der Waals surface area contributed by atoms with E-state index in [1.807, 2.05) is 18.2 Å². The van der Waals surface area contributed by atoms with E-state index in [-0.39, 0.29) is 11.5 Å². The molecule has 0 aliphatic rings. The zero-order valence-corrected chi connectivity index (χ0v) is 12.7. The van der Waals surface area contributed by atoms with Gasteiger partial charge in [-0.05, 0) is 35.4 Å². The number of benzene rings is 2. The van der Waals surface area contributed by atoms with E-state index in [4.69, 9.17) is 14.2 Å². The van der Waals surface area contributed by atoms with Gasteiger partial charge in [-0.3, -0.25) is 0 Å². The van der Waals surface area contributed by atoms with Crippen LogP contribution in [-0.2, 0) is 0 Å². The van der Waals surface area contributed by atoms with Crippen molar-refractivity contribution in [3.8, 4) is 28.7 Å². The summed E-state index contributed by atoms with van der Waals surface area (Å²) >= 11 is 0. The molecular formula is C17H18O5. The van der Waals surface area contributed by atoms with Gasteiger partial charge in [0, 0.05) is 0 Å². The molecule has 0 atom stereocenters. The standard InChI is InChI=1S/C17H18O5/c1-20-15-9-12(10-16(21-2)17(15)22-3)5-4-11-6-7-13(18)14(19)8-11/h4-10,18-19H,1-3H3. The number of phenolic OH excluding ortho intramolecular Hbond substituents is 2. The fraction of sp³-hybridized carbons (Fsp3) is 0.176. The van der Waals surface area contributed by atoms with E-state index >= 15 is 0 Å². The Balaban J connectivity index is 2.36. The van der Waals surface area contributed by atoms with Crippen molar-refractivity contribution in [3.05, 3.63) is 41.5 Å². The average Bonchev–Trinajstić information content (AvgIpc) is 2.54. The van der Waals surface area contributed by atoms with Crippen molar-refractivity contribution < 1.29 is 24.4 Å². The number of aromatic hydroxyl groups is 2. The number of hydrogen-bond donors (Lipinski definition) is 2. The Kier molecular flexibility index (Phi) is 4.78. The van der Waals surface area contributed by atoms with Gasteiger partial charge in [0.05, 0.1) is 21.3 Å². The van der Waals surface area contributed by atoms with E-state index < -0.39 is 0 Å². The molecule has 0 heterocycles. The van der Waals surface area contributed by atoms with Crippen molar-refractivity contribution in [2.45, 2.75) is 0 Å². The molecule has 2 N–H and O–H groups in total. The number of ether oxygens (including phenoxy) is 3. The zero-order chi connectivity index (χ0) is 16.1. The van der Waals surface area contributed by atoms with Crippen molar-refractivity contribution in [1.82, 2.24) is 0 Å². The molecule has 0 radical (unpaired) electrons. The first-order valence-corrected chi connectivity index (χ1v) is 6.59. The molecule has 5 heteroatoms. The smallest absolute Gasteiger partial charge is 0.203 e. The highest BCUT2D eigenvalue weighted by Crippen LogP contribution is 2.38. The normalized spacial score (nSPS) is 10.7. The highest BCUT2D eigenvalue weighted by Gasteiger charge is 2.11. The Morgan fingerprint density at radius 2 is 1.32 bits per heavy atom. The van der Waals surface area contributed by atoms with Gasteiger partial charge in [0.15, 0.2) is 23.0 Å². The monoisotopic (exact) mass is 302 g/mol. The van der Waals surface area contributed by atoms with Crippen molar-refractivity contribution >= 4 is 12.2 Å². The van der Waals surface area contributed by atoms with Crippen LogP contribution in [-0.4, -0.2) is 31.5 Å². The molecule has 2 aromatic rings. The van der Waals surface area contributed by atoms with E-state index in [2.05, 4.69) is 0 Å². The molecule has 0 saturated carbocycles. The molecule has 0 fully saturated rings. The number of phenols is 2. The van der Waals surface area contributed by atoms with E-state index in [1.165, 1.54) is 12.1 Å². The molecule has 0 saturated heterocycles. The Hall–Kier alpha value is -2.82. The van der Waals surface area contributed by atoms with Gasteiger partial charge in [-0.25, -0.2) is 0 Å². The van der Waals surface area contributed by atoms with Crippen LogP contribution < -0.4 is 14.2 Å².